The van der Waals surface area contributed by atoms with Gasteiger partial charge in [-0.05, 0) is 31.9 Å². The fourth-order valence-electron chi connectivity index (χ4n) is 4.18. The number of ether oxygens (including phenoxy) is 3. The summed E-state index contributed by atoms with van der Waals surface area (Å²) in [6.07, 6.45) is 2.19. The molecule has 2 fully saturated rings. The maximum atomic E-state index is 12.4. The SMILES string of the molecule is C[C@@H](OC(=O)CCN1C(=O)[C@H]2CCCC[C@@H]2C1=O)C(=O)Nc1ccc2c(c1)OCO2. The van der Waals surface area contributed by atoms with Crippen LogP contribution in [0.15, 0.2) is 18.2 Å². The molecule has 9 nitrogen and oxygen atoms in total. The number of fused-ring (bicyclic) bond motifs is 2. The Labute approximate surface area is 173 Å². The standard InChI is InChI=1S/C21H24N2O7/c1-12(19(25)22-13-6-7-16-17(10-13)29-11-28-16)30-18(24)8-9-23-20(26)14-4-2-3-5-15(14)21(23)27/h6-7,10,12,14-15H,2-5,8-9,11H2,1H3,(H,22,25)/t12-,14+,15+/m1/s1. The Morgan fingerprint density at radius 3 is 2.50 bits per heavy atom. The molecular weight excluding hydrogens is 392 g/mol. The zero-order valence-electron chi connectivity index (χ0n) is 16.7. The highest BCUT2D eigenvalue weighted by Crippen LogP contribution is 2.38. The van der Waals surface area contributed by atoms with E-state index in [2.05, 4.69) is 5.32 Å². The molecule has 1 N–H and O–H groups in total. The smallest absolute Gasteiger partial charge is 0.308 e. The number of hydrogen-bond acceptors (Lipinski definition) is 7. The number of hydrogen-bond donors (Lipinski definition) is 1. The summed E-state index contributed by atoms with van der Waals surface area (Å²) < 4.78 is 15.6. The number of amides is 3. The molecule has 3 aliphatic rings. The van der Waals surface area contributed by atoms with Gasteiger partial charge in [0.2, 0.25) is 18.6 Å². The molecule has 9 heteroatoms. The molecule has 0 unspecified atom stereocenters. The van der Waals surface area contributed by atoms with E-state index in [9.17, 15) is 19.2 Å². The van der Waals surface area contributed by atoms with Crippen LogP contribution >= 0.6 is 0 Å². The van der Waals surface area contributed by atoms with E-state index in [4.69, 9.17) is 14.2 Å². The van der Waals surface area contributed by atoms with Gasteiger partial charge in [-0.25, -0.2) is 0 Å². The van der Waals surface area contributed by atoms with Crippen LogP contribution in [0.1, 0.15) is 39.0 Å². The highest BCUT2D eigenvalue weighted by Gasteiger charge is 2.47. The van der Waals surface area contributed by atoms with Gasteiger partial charge in [0.15, 0.2) is 17.6 Å². The summed E-state index contributed by atoms with van der Waals surface area (Å²) in [5, 5.41) is 2.65. The van der Waals surface area contributed by atoms with Gasteiger partial charge in [0.1, 0.15) is 0 Å². The third-order valence-corrected chi connectivity index (χ3v) is 5.79. The lowest BCUT2D eigenvalue weighted by atomic mass is 9.81. The number of nitrogens with one attached hydrogen (secondary N) is 1. The van der Waals surface area contributed by atoms with Crippen LogP contribution in [-0.2, 0) is 23.9 Å². The molecule has 1 aromatic carbocycles. The number of nitrogens with zero attached hydrogens (tertiary/aromatic N) is 1. The summed E-state index contributed by atoms with van der Waals surface area (Å²) in [7, 11) is 0. The average molecular weight is 416 g/mol. The zero-order valence-corrected chi connectivity index (χ0v) is 16.7. The zero-order chi connectivity index (χ0) is 21.3. The van der Waals surface area contributed by atoms with Gasteiger partial charge in [0, 0.05) is 18.3 Å². The minimum atomic E-state index is -1.03. The van der Waals surface area contributed by atoms with Crippen LogP contribution in [0.2, 0.25) is 0 Å². The predicted octanol–water partition coefficient (Wildman–Crippen LogP) is 1.85. The molecule has 0 spiro atoms. The number of benzene rings is 1. The summed E-state index contributed by atoms with van der Waals surface area (Å²) >= 11 is 0. The summed E-state index contributed by atoms with van der Waals surface area (Å²) in [4.78, 5) is 50.5. The van der Waals surface area contributed by atoms with E-state index in [-0.39, 0.29) is 43.4 Å². The average Bonchev–Trinajstić information content (AvgIpc) is 3.29. The van der Waals surface area contributed by atoms with E-state index in [1.165, 1.54) is 11.8 Å². The lowest BCUT2D eigenvalue weighted by Crippen LogP contribution is -2.35. The van der Waals surface area contributed by atoms with Crippen molar-refractivity contribution in [3.05, 3.63) is 18.2 Å². The maximum Gasteiger partial charge on any atom is 0.308 e. The van der Waals surface area contributed by atoms with Crippen molar-refractivity contribution in [2.45, 2.75) is 45.1 Å². The number of esters is 1. The second-order valence-electron chi connectivity index (χ2n) is 7.76. The van der Waals surface area contributed by atoms with Gasteiger partial charge in [-0.1, -0.05) is 12.8 Å². The molecule has 0 aromatic heterocycles. The summed E-state index contributed by atoms with van der Waals surface area (Å²) in [5.74, 6) is -0.879. The summed E-state index contributed by atoms with van der Waals surface area (Å²) in [6.45, 7) is 1.57. The van der Waals surface area contributed by atoms with Crippen LogP contribution in [0, 0.1) is 11.8 Å². The van der Waals surface area contributed by atoms with Gasteiger partial charge in [0.05, 0.1) is 18.3 Å². The van der Waals surface area contributed by atoms with E-state index in [1.807, 2.05) is 0 Å². The van der Waals surface area contributed by atoms with Crippen LogP contribution < -0.4 is 14.8 Å². The first-order valence-corrected chi connectivity index (χ1v) is 10.2. The molecule has 1 saturated carbocycles. The number of imide groups is 1. The van der Waals surface area contributed by atoms with Gasteiger partial charge in [-0.2, -0.15) is 0 Å². The number of carbonyl (C=O) groups is 4. The van der Waals surface area contributed by atoms with Crippen molar-refractivity contribution in [2.24, 2.45) is 11.8 Å². The topological polar surface area (TPSA) is 111 Å². The van der Waals surface area contributed by atoms with Crippen LogP contribution in [-0.4, -0.2) is 48.0 Å². The Bertz CT molecular complexity index is 860. The van der Waals surface area contributed by atoms with E-state index in [0.29, 0.717) is 17.2 Å². The second-order valence-corrected chi connectivity index (χ2v) is 7.76. The molecule has 1 saturated heterocycles. The molecule has 3 atom stereocenters. The van der Waals surface area contributed by atoms with Crippen molar-refractivity contribution >= 4 is 29.4 Å². The van der Waals surface area contributed by atoms with Gasteiger partial charge >= 0.3 is 5.97 Å². The lowest BCUT2D eigenvalue weighted by Gasteiger charge is -2.19. The first-order chi connectivity index (χ1) is 14.4. The molecule has 2 aliphatic heterocycles. The van der Waals surface area contributed by atoms with E-state index in [1.54, 1.807) is 18.2 Å². The molecule has 1 aromatic rings. The predicted molar refractivity (Wildman–Crippen MR) is 104 cm³/mol. The molecule has 2 heterocycles. The molecule has 1 aliphatic carbocycles. The fraction of sp³-hybridized carbons (Fsp3) is 0.524. The normalized spacial score (nSPS) is 23.2. The van der Waals surface area contributed by atoms with Crippen molar-refractivity contribution in [3.8, 4) is 11.5 Å². The van der Waals surface area contributed by atoms with Crippen LogP contribution in [0.4, 0.5) is 5.69 Å². The van der Waals surface area contributed by atoms with Gasteiger partial charge < -0.3 is 19.5 Å². The van der Waals surface area contributed by atoms with Crippen molar-refractivity contribution in [1.29, 1.82) is 0 Å². The minimum Gasteiger partial charge on any atom is -0.454 e. The quantitative estimate of drug-likeness (QED) is 0.556. The third-order valence-electron chi connectivity index (χ3n) is 5.79. The molecule has 30 heavy (non-hydrogen) atoms. The number of likely N-dealkylation sites (tertiary alicyclic amines) is 1. The van der Waals surface area contributed by atoms with E-state index < -0.39 is 18.0 Å². The third kappa shape index (κ3) is 3.96. The molecule has 0 bridgehead atoms. The fourth-order valence-corrected chi connectivity index (χ4v) is 4.18. The van der Waals surface area contributed by atoms with Crippen LogP contribution in [0.5, 0.6) is 11.5 Å². The highest BCUT2D eigenvalue weighted by molar-refractivity contribution is 6.05. The van der Waals surface area contributed by atoms with Crippen molar-refractivity contribution in [2.75, 3.05) is 18.7 Å². The highest BCUT2D eigenvalue weighted by atomic mass is 16.7. The van der Waals surface area contributed by atoms with Gasteiger partial charge in [-0.15, -0.1) is 0 Å². The first-order valence-electron chi connectivity index (χ1n) is 10.2. The Hall–Kier alpha value is -3.10. The van der Waals surface area contributed by atoms with Crippen LogP contribution in [0.3, 0.4) is 0 Å². The largest absolute Gasteiger partial charge is 0.454 e. The Morgan fingerprint density at radius 1 is 1.13 bits per heavy atom. The molecule has 3 amide bonds. The summed E-state index contributed by atoms with van der Waals surface area (Å²) in [6, 6.07) is 4.96. The van der Waals surface area contributed by atoms with Crippen molar-refractivity contribution in [3.63, 3.8) is 0 Å². The van der Waals surface area contributed by atoms with E-state index >= 15 is 0 Å². The van der Waals surface area contributed by atoms with Crippen molar-refractivity contribution in [1.82, 2.24) is 4.90 Å². The lowest BCUT2D eigenvalue weighted by molar-refractivity contribution is -0.154. The number of carbonyl (C=O) groups excluding carboxylic acids is 4. The van der Waals surface area contributed by atoms with Crippen LogP contribution in [0.25, 0.3) is 0 Å². The van der Waals surface area contributed by atoms with E-state index in [0.717, 1.165) is 25.7 Å². The first kappa shape index (κ1) is 20.2. The molecule has 4 rings (SSSR count). The molecular formula is C21H24N2O7. The number of anilines is 1. The molecule has 0 radical (unpaired) electrons. The Morgan fingerprint density at radius 2 is 1.80 bits per heavy atom. The maximum absolute atomic E-state index is 12.4. The van der Waals surface area contributed by atoms with Gasteiger partial charge in [-0.3, -0.25) is 24.1 Å². The minimum absolute atomic E-state index is 0.0139. The monoisotopic (exact) mass is 416 g/mol. The Balaban J connectivity index is 1.26. The Kier molecular flexibility index (Phi) is 5.61. The van der Waals surface area contributed by atoms with Crippen molar-refractivity contribution < 1.29 is 33.4 Å². The molecule has 160 valence electrons. The number of rotatable bonds is 6. The summed E-state index contributed by atoms with van der Waals surface area (Å²) in [5.41, 5.74) is 0.489. The second kappa shape index (κ2) is 8.33. The van der Waals surface area contributed by atoms with Gasteiger partial charge in [0.25, 0.3) is 5.91 Å².